The number of likely N-dealkylation sites (N-methyl/N-ethyl adjacent to an activating group) is 1. The number of rotatable bonds is 6. The second kappa shape index (κ2) is 7.92. The lowest BCUT2D eigenvalue weighted by Gasteiger charge is -2.26. The smallest absolute Gasteiger partial charge is 0.245 e. The van der Waals surface area contributed by atoms with E-state index in [-0.39, 0.29) is 11.9 Å². The van der Waals surface area contributed by atoms with Crippen molar-refractivity contribution in [3.63, 3.8) is 0 Å². The first-order chi connectivity index (χ1) is 12.2. The number of nitrogens with zero attached hydrogens (tertiary/aromatic N) is 1. The van der Waals surface area contributed by atoms with Crippen molar-refractivity contribution in [2.24, 2.45) is 0 Å². The Morgan fingerprint density at radius 3 is 2.56 bits per heavy atom. The molecule has 5 nitrogen and oxygen atoms in total. The summed E-state index contributed by atoms with van der Waals surface area (Å²) in [5, 5.41) is 3.27. The Balaban J connectivity index is 1.65. The molecule has 25 heavy (non-hydrogen) atoms. The van der Waals surface area contributed by atoms with E-state index in [0.29, 0.717) is 32.1 Å². The van der Waals surface area contributed by atoms with Gasteiger partial charge in [-0.2, -0.15) is 0 Å². The topological polar surface area (TPSA) is 50.8 Å². The number of amides is 1. The summed E-state index contributed by atoms with van der Waals surface area (Å²) in [7, 11) is 0. The van der Waals surface area contributed by atoms with Crippen molar-refractivity contribution < 1.29 is 14.3 Å². The van der Waals surface area contributed by atoms with Gasteiger partial charge in [-0.15, -0.1) is 0 Å². The van der Waals surface area contributed by atoms with Crippen LogP contribution in [0.5, 0.6) is 11.5 Å². The fourth-order valence-corrected chi connectivity index (χ4v) is 2.87. The summed E-state index contributed by atoms with van der Waals surface area (Å²) in [5.41, 5.74) is 1.98. The highest BCUT2D eigenvalue weighted by molar-refractivity contribution is 5.84. The zero-order chi connectivity index (χ0) is 17.6. The molecule has 2 aromatic rings. The highest BCUT2D eigenvalue weighted by Crippen LogP contribution is 2.32. The van der Waals surface area contributed by atoms with Crippen LogP contribution in [0, 0.1) is 0 Å². The predicted octanol–water partition coefficient (Wildman–Crippen LogP) is 3.31. The van der Waals surface area contributed by atoms with Crippen LogP contribution in [0.3, 0.4) is 0 Å². The molecular weight excluding hydrogens is 316 g/mol. The van der Waals surface area contributed by atoms with Crippen molar-refractivity contribution in [3.05, 3.63) is 54.1 Å². The molecule has 0 spiro atoms. The van der Waals surface area contributed by atoms with E-state index in [1.807, 2.05) is 67.3 Å². The molecule has 1 aliphatic rings. The van der Waals surface area contributed by atoms with Gasteiger partial charge < -0.3 is 19.7 Å². The summed E-state index contributed by atoms with van der Waals surface area (Å²) in [4.78, 5) is 14.6. The van der Waals surface area contributed by atoms with Gasteiger partial charge in [0.25, 0.3) is 0 Å². The second-order valence-electron chi connectivity index (χ2n) is 6.06. The fraction of sp³-hybridized carbons (Fsp3) is 0.350. The van der Waals surface area contributed by atoms with Gasteiger partial charge in [0, 0.05) is 24.8 Å². The maximum Gasteiger partial charge on any atom is 0.245 e. The molecule has 0 bridgehead atoms. The minimum absolute atomic E-state index is 0.0706. The summed E-state index contributed by atoms with van der Waals surface area (Å²) >= 11 is 0. The number of anilines is 1. The molecule has 1 aliphatic heterocycles. The van der Waals surface area contributed by atoms with Crippen LogP contribution < -0.4 is 14.8 Å². The first kappa shape index (κ1) is 17.1. The molecule has 2 aromatic carbocycles. The van der Waals surface area contributed by atoms with Crippen LogP contribution in [-0.4, -0.2) is 36.6 Å². The molecular formula is C20H24N2O3. The molecule has 132 valence electrons. The Morgan fingerprint density at radius 2 is 1.84 bits per heavy atom. The van der Waals surface area contributed by atoms with Crippen LogP contribution in [-0.2, 0) is 11.3 Å². The molecule has 1 amide bonds. The van der Waals surface area contributed by atoms with Gasteiger partial charge in [-0.25, -0.2) is 0 Å². The Labute approximate surface area is 148 Å². The molecule has 0 aliphatic carbocycles. The standard InChI is InChI=1S/C20H24N2O3/c1-3-22(14-16-7-5-4-6-8-16)20(23)15(2)21-17-9-10-18-19(13-17)25-12-11-24-18/h4-10,13,15,21H,3,11-12,14H2,1-2H3/t15-/m0/s1. The van der Waals surface area contributed by atoms with E-state index in [2.05, 4.69) is 5.32 Å². The number of nitrogens with one attached hydrogen (secondary N) is 1. The maximum atomic E-state index is 12.8. The number of benzene rings is 2. The van der Waals surface area contributed by atoms with Crippen LogP contribution >= 0.6 is 0 Å². The zero-order valence-electron chi connectivity index (χ0n) is 14.7. The van der Waals surface area contributed by atoms with Crippen molar-refractivity contribution in [1.82, 2.24) is 4.90 Å². The molecule has 0 saturated heterocycles. The molecule has 1 heterocycles. The Bertz CT molecular complexity index is 718. The maximum absolute atomic E-state index is 12.8. The van der Waals surface area contributed by atoms with E-state index >= 15 is 0 Å². The zero-order valence-corrected chi connectivity index (χ0v) is 14.7. The molecule has 0 saturated carbocycles. The van der Waals surface area contributed by atoms with E-state index < -0.39 is 0 Å². The van der Waals surface area contributed by atoms with Crippen molar-refractivity contribution in [2.45, 2.75) is 26.4 Å². The number of hydrogen-bond donors (Lipinski definition) is 1. The highest BCUT2D eigenvalue weighted by atomic mass is 16.6. The largest absolute Gasteiger partial charge is 0.486 e. The van der Waals surface area contributed by atoms with Crippen LogP contribution in [0.1, 0.15) is 19.4 Å². The third kappa shape index (κ3) is 4.24. The van der Waals surface area contributed by atoms with Gasteiger partial charge in [-0.3, -0.25) is 4.79 Å². The van der Waals surface area contributed by atoms with Gasteiger partial charge in [0.2, 0.25) is 5.91 Å². The molecule has 3 rings (SSSR count). The summed E-state index contributed by atoms with van der Waals surface area (Å²) in [6, 6.07) is 15.4. The first-order valence-electron chi connectivity index (χ1n) is 8.66. The summed E-state index contributed by atoms with van der Waals surface area (Å²) in [6.07, 6.45) is 0. The van der Waals surface area contributed by atoms with E-state index in [4.69, 9.17) is 9.47 Å². The average molecular weight is 340 g/mol. The normalized spacial score (nSPS) is 13.8. The average Bonchev–Trinajstić information content (AvgIpc) is 2.66. The van der Waals surface area contributed by atoms with E-state index in [9.17, 15) is 4.79 Å². The minimum atomic E-state index is -0.328. The lowest BCUT2D eigenvalue weighted by atomic mass is 10.2. The molecule has 0 fully saturated rings. The predicted molar refractivity (Wildman–Crippen MR) is 98.0 cm³/mol. The minimum Gasteiger partial charge on any atom is -0.486 e. The first-order valence-corrected chi connectivity index (χ1v) is 8.66. The van der Waals surface area contributed by atoms with E-state index in [1.165, 1.54) is 0 Å². The fourth-order valence-electron chi connectivity index (χ4n) is 2.87. The molecule has 0 unspecified atom stereocenters. The Kier molecular flexibility index (Phi) is 5.43. The van der Waals surface area contributed by atoms with Crippen LogP contribution in [0.4, 0.5) is 5.69 Å². The summed E-state index contributed by atoms with van der Waals surface area (Å²) in [5.74, 6) is 1.53. The van der Waals surface area contributed by atoms with Gasteiger partial charge in [0.05, 0.1) is 0 Å². The van der Waals surface area contributed by atoms with Gasteiger partial charge in [0.1, 0.15) is 19.3 Å². The second-order valence-corrected chi connectivity index (χ2v) is 6.06. The quantitative estimate of drug-likeness (QED) is 0.876. The van der Waals surface area contributed by atoms with Crippen molar-refractivity contribution in [2.75, 3.05) is 25.1 Å². The molecule has 0 aromatic heterocycles. The van der Waals surface area contributed by atoms with Crippen molar-refractivity contribution in [3.8, 4) is 11.5 Å². The molecule has 0 radical (unpaired) electrons. The number of fused-ring (bicyclic) bond motifs is 1. The number of carbonyl (C=O) groups excluding carboxylic acids is 1. The molecule has 1 atom stereocenters. The number of carbonyl (C=O) groups is 1. The van der Waals surface area contributed by atoms with Crippen molar-refractivity contribution in [1.29, 1.82) is 0 Å². The van der Waals surface area contributed by atoms with Crippen LogP contribution in [0.2, 0.25) is 0 Å². The third-order valence-corrected chi connectivity index (χ3v) is 4.21. The van der Waals surface area contributed by atoms with Crippen molar-refractivity contribution >= 4 is 11.6 Å². The lowest BCUT2D eigenvalue weighted by Crippen LogP contribution is -2.40. The van der Waals surface area contributed by atoms with Gasteiger partial charge in [0.15, 0.2) is 11.5 Å². The van der Waals surface area contributed by atoms with Crippen LogP contribution in [0.25, 0.3) is 0 Å². The summed E-state index contributed by atoms with van der Waals surface area (Å²) < 4.78 is 11.1. The number of hydrogen-bond acceptors (Lipinski definition) is 4. The Morgan fingerprint density at radius 1 is 1.12 bits per heavy atom. The van der Waals surface area contributed by atoms with Crippen LogP contribution in [0.15, 0.2) is 48.5 Å². The highest BCUT2D eigenvalue weighted by Gasteiger charge is 2.20. The Hall–Kier alpha value is -2.69. The molecule has 5 heteroatoms. The third-order valence-electron chi connectivity index (χ3n) is 4.21. The lowest BCUT2D eigenvalue weighted by molar-refractivity contribution is -0.132. The monoisotopic (exact) mass is 340 g/mol. The van der Waals surface area contributed by atoms with Gasteiger partial charge in [-0.1, -0.05) is 30.3 Å². The number of ether oxygens (including phenoxy) is 2. The molecule has 1 N–H and O–H groups in total. The van der Waals surface area contributed by atoms with E-state index in [1.54, 1.807) is 0 Å². The SMILES string of the molecule is CCN(Cc1ccccc1)C(=O)[C@H](C)Nc1ccc2c(c1)OCCO2. The van der Waals surface area contributed by atoms with Gasteiger partial charge in [-0.05, 0) is 31.5 Å². The summed E-state index contributed by atoms with van der Waals surface area (Å²) in [6.45, 7) is 6.28. The van der Waals surface area contributed by atoms with Gasteiger partial charge >= 0.3 is 0 Å². The van der Waals surface area contributed by atoms with E-state index in [0.717, 1.165) is 17.0 Å².